The molecule has 1 aromatic carbocycles. The molecule has 0 saturated heterocycles. The number of hydrogen-bond acceptors (Lipinski definition) is 3. The second-order valence-corrected chi connectivity index (χ2v) is 4.39. The number of fused-ring (bicyclic) bond motifs is 1. The summed E-state index contributed by atoms with van der Waals surface area (Å²) in [5.74, 6) is 0.129. The maximum absolute atomic E-state index is 10.6. The number of aliphatic carboxylic acids is 1. The third-order valence-electron chi connectivity index (χ3n) is 2.93. The van der Waals surface area contributed by atoms with E-state index in [1.54, 1.807) is 0 Å². The van der Waals surface area contributed by atoms with Gasteiger partial charge < -0.3 is 15.2 Å². The summed E-state index contributed by atoms with van der Waals surface area (Å²) in [4.78, 5) is 10.6. The number of carboxylic acid groups (broad SMARTS) is 1. The highest BCUT2D eigenvalue weighted by atomic mass is 16.5. The van der Waals surface area contributed by atoms with E-state index in [0.29, 0.717) is 6.61 Å². The number of benzene rings is 1. The van der Waals surface area contributed by atoms with E-state index in [0.717, 1.165) is 17.7 Å². The van der Waals surface area contributed by atoms with Gasteiger partial charge in [0.2, 0.25) is 0 Å². The van der Waals surface area contributed by atoms with E-state index in [4.69, 9.17) is 9.84 Å². The molecule has 0 spiro atoms. The average Bonchev–Trinajstić information content (AvgIpc) is 2.28. The van der Waals surface area contributed by atoms with Gasteiger partial charge in [0.1, 0.15) is 5.75 Å². The first kappa shape index (κ1) is 11.9. The SMILES string of the molecule is CC(CC(=O)O)NC1CCOc2ccccc21. The van der Waals surface area contributed by atoms with Crippen molar-refractivity contribution in [2.24, 2.45) is 0 Å². The van der Waals surface area contributed by atoms with E-state index in [-0.39, 0.29) is 18.5 Å². The number of hydrogen-bond donors (Lipinski definition) is 2. The molecule has 1 heterocycles. The molecule has 0 aliphatic carbocycles. The lowest BCUT2D eigenvalue weighted by atomic mass is 9.99. The van der Waals surface area contributed by atoms with Crippen LogP contribution in [0.2, 0.25) is 0 Å². The molecular formula is C13H17NO3. The van der Waals surface area contributed by atoms with Crippen LogP contribution in [0.3, 0.4) is 0 Å². The summed E-state index contributed by atoms with van der Waals surface area (Å²) in [5, 5.41) is 12.1. The van der Waals surface area contributed by atoms with Crippen LogP contribution in [-0.2, 0) is 4.79 Å². The largest absolute Gasteiger partial charge is 0.493 e. The van der Waals surface area contributed by atoms with E-state index in [1.807, 2.05) is 31.2 Å². The zero-order chi connectivity index (χ0) is 12.3. The topological polar surface area (TPSA) is 58.6 Å². The fourth-order valence-electron chi connectivity index (χ4n) is 2.18. The van der Waals surface area contributed by atoms with Crippen LogP contribution >= 0.6 is 0 Å². The molecule has 1 aliphatic heterocycles. The first-order valence-electron chi connectivity index (χ1n) is 5.86. The Kier molecular flexibility index (Phi) is 3.64. The lowest BCUT2D eigenvalue weighted by Gasteiger charge is -2.28. The molecule has 17 heavy (non-hydrogen) atoms. The van der Waals surface area contributed by atoms with Gasteiger partial charge in [0, 0.05) is 24.1 Å². The van der Waals surface area contributed by atoms with Crippen LogP contribution in [0.15, 0.2) is 24.3 Å². The monoisotopic (exact) mass is 235 g/mol. The van der Waals surface area contributed by atoms with Crippen molar-refractivity contribution >= 4 is 5.97 Å². The minimum atomic E-state index is -0.773. The highest BCUT2D eigenvalue weighted by Gasteiger charge is 2.22. The predicted molar refractivity (Wildman–Crippen MR) is 64.1 cm³/mol. The van der Waals surface area contributed by atoms with Crippen LogP contribution in [0.25, 0.3) is 0 Å². The van der Waals surface area contributed by atoms with Crippen molar-refractivity contribution in [3.8, 4) is 5.75 Å². The Hall–Kier alpha value is -1.55. The van der Waals surface area contributed by atoms with Crippen LogP contribution < -0.4 is 10.1 Å². The molecule has 92 valence electrons. The number of nitrogens with one attached hydrogen (secondary N) is 1. The molecule has 0 fully saturated rings. The fourth-order valence-corrected chi connectivity index (χ4v) is 2.18. The molecule has 2 unspecified atom stereocenters. The molecule has 1 aliphatic rings. The van der Waals surface area contributed by atoms with Gasteiger partial charge in [-0.05, 0) is 13.0 Å². The standard InChI is InChI=1S/C13H17NO3/c1-9(8-13(15)16)14-11-6-7-17-12-5-3-2-4-10(11)12/h2-5,9,11,14H,6-8H2,1H3,(H,15,16). The minimum Gasteiger partial charge on any atom is -0.493 e. The van der Waals surface area contributed by atoms with Crippen molar-refractivity contribution in [3.63, 3.8) is 0 Å². The third-order valence-corrected chi connectivity index (χ3v) is 2.93. The number of carbonyl (C=O) groups is 1. The van der Waals surface area contributed by atoms with E-state index in [1.165, 1.54) is 0 Å². The van der Waals surface area contributed by atoms with Crippen LogP contribution in [-0.4, -0.2) is 23.7 Å². The van der Waals surface area contributed by atoms with Gasteiger partial charge in [-0.15, -0.1) is 0 Å². The van der Waals surface area contributed by atoms with Crippen LogP contribution in [0.5, 0.6) is 5.75 Å². The first-order chi connectivity index (χ1) is 8.16. The Bertz CT molecular complexity index is 405. The summed E-state index contributed by atoms with van der Waals surface area (Å²) in [6.07, 6.45) is 1.01. The summed E-state index contributed by atoms with van der Waals surface area (Å²) in [5.41, 5.74) is 1.12. The number of carboxylic acids is 1. The quantitative estimate of drug-likeness (QED) is 0.837. The normalized spacial score (nSPS) is 20.2. The van der Waals surface area contributed by atoms with Crippen molar-refractivity contribution in [3.05, 3.63) is 29.8 Å². The van der Waals surface area contributed by atoms with Gasteiger partial charge in [0.15, 0.2) is 0 Å². The molecule has 4 nitrogen and oxygen atoms in total. The Morgan fingerprint density at radius 3 is 3.12 bits per heavy atom. The number of para-hydroxylation sites is 1. The Balaban J connectivity index is 2.05. The lowest BCUT2D eigenvalue weighted by Crippen LogP contribution is -2.35. The first-order valence-corrected chi connectivity index (χ1v) is 5.86. The van der Waals surface area contributed by atoms with Crippen molar-refractivity contribution < 1.29 is 14.6 Å². The molecule has 0 amide bonds. The smallest absolute Gasteiger partial charge is 0.304 e. The summed E-state index contributed by atoms with van der Waals surface area (Å²) >= 11 is 0. The van der Waals surface area contributed by atoms with Gasteiger partial charge in [-0.1, -0.05) is 18.2 Å². The van der Waals surface area contributed by atoms with Gasteiger partial charge in [0.05, 0.1) is 13.0 Å². The van der Waals surface area contributed by atoms with Crippen molar-refractivity contribution in [1.29, 1.82) is 0 Å². The maximum atomic E-state index is 10.6. The fraction of sp³-hybridized carbons (Fsp3) is 0.462. The molecule has 2 atom stereocenters. The summed E-state index contributed by atoms with van der Waals surface area (Å²) in [6, 6.07) is 8.05. The van der Waals surface area contributed by atoms with E-state index in [2.05, 4.69) is 5.32 Å². The second kappa shape index (κ2) is 5.19. The van der Waals surface area contributed by atoms with Crippen molar-refractivity contribution in [2.75, 3.05) is 6.61 Å². The molecular weight excluding hydrogens is 218 g/mol. The highest BCUT2D eigenvalue weighted by Crippen LogP contribution is 2.31. The zero-order valence-corrected chi connectivity index (χ0v) is 9.85. The molecule has 0 saturated carbocycles. The minimum absolute atomic E-state index is 0.0383. The Labute approximate surface area is 101 Å². The molecule has 0 aromatic heterocycles. The van der Waals surface area contributed by atoms with Gasteiger partial charge >= 0.3 is 5.97 Å². The summed E-state index contributed by atoms with van der Waals surface area (Å²) in [6.45, 7) is 2.57. The van der Waals surface area contributed by atoms with Crippen molar-refractivity contribution in [2.45, 2.75) is 31.8 Å². The molecule has 2 N–H and O–H groups in total. The molecule has 0 bridgehead atoms. The van der Waals surface area contributed by atoms with Crippen LogP contribution in [0.1, 0.15) is 31.4 Å². The molecule has 2 rings (SSSR count). The van der Waals surface area contributed by atoms with Gasteiger partial charge in [-0.3, -0.25) is 4.79 Å². The van der Waals surface area contributed by atoms with Gasteiger partial charge in [-0.25, -0.2) is 0 Å². The number of rotatable bonds is 4. The third kappa shape index (κ3) is 2.97. The Morgan fingerprint density at radius 1 is 1.59 bits per heavy atom. The molecule has 1 aromatic rings. The summed E-state index contributed by atoms with van der Waals surface area (Å²) < 4.78 is 5.56. The van der Waals surface area contributed by atoms with E-state index >= 15 is 0 Å². The van der Waals surface area contributed by atoms with E-state index in [9.17, 15) is 4.79 Å². The average molecular weight is 235 g/mol. The van der Waals surface area contributed by atoms with Gasteiger partial charge in [0.25, 0.3) is 0 Å². The predicted octanol–water partition coefficient (Wildman–Crippen LogP) is 1.96. The van der Waals surface area contributed by atoms with Crippen molar-refractivity contribution in [1.82, 2.24) is 5.32 Å². The number of ether oxygens (including phenoxy) is 1. The molecule has 4 heteroatoms. The zero-order valence-electron chi connectivity index (χ0n) is 9.85. The van der Waals surface area contributed by atoms with Crippen LogP contribution in [0, 0.1) is 0 Å². The maximum Gasteiger partial charge on any atom is 0.304 e. The Morgan fingerprint density at radius 2 is 2.35 bits per heavy atom. The van der Waals surface area contributed by atoms with Gasteiger partial charge in [-0.2, -0.15) is 0 Å². The lowest BCUT2D eigenvalue weighted by molar-refractivity contribution is -0.137. The highest BCUT2D eigenvalue weighted by molar-refractivity contribution is 5.67. The second-order valence-electron chi connectivity index (χ2n) is 4.39. The molecule has 0 radical (unpaired) electrons. The van der Waals surface area contributed by atoms with E-state index < -0.39 is 5.97 Å². The summed E-state index contributed by atoms with van der Waals surface area (Å²) in [7, 11) is 0. The van der Waals surface area contributed by atoms with Crippen LogP contribution in [0.4, 0.5) is 0 Å².